The van der Waals surface area contributed by atoms with E-state index < -0.39 is 8.32 Å². The molecule has 0 radical (unpaired) electrons. The first-order valence-electron chi connectivity index (χ1n) is 7.66. The van der Waals surface area contributed by atoms with Crippen LogP contribution in [0.2, 0.25) is 18.1 Å². The lowest BCUT2D eigenvalue weighted by atomic mass is 9.91. The summed E-state index contributed by atoms with van der Waals surface area (Å²) in [4.78, 5) is 13.5. The Morgan fingerprint density at radius 2 is 1.95 bits per heavy atom. The number of nitrogens with zero attached hydrogens (tertiary/aromatic N) is 1. The zero-order valence-electron chi connectivity index (χ0n) is 14.5. The first kappa shape index (κ1) is 18.5. The van der Waals surface area contributed by atoms with Crippen LogP contribution in [0.25, 0.3) is 0 Å². The molecule has 0 bridgehead atoms. The minimum Gasteiger partial charge on any atom is -0.453 e. The number of ether oxygens (including phenoxy) is 1. The average molecular weight is 318 g/mol. The van der Waals surface area contributed by atoms with E-state index in [1.165, 1.54) is 7.11 Å². The predicted octanol–water partition coefficient (Wildman–Crippen LogP) is 2.85. The molecule has 0 spiro atoms. The molecule has 1 heterocycles. The smallest absolute Gasteiger partial charge is 0.409 e. The highest BCUT2D eigenvalue weighted by atomic mass is 28.4. The van der Waals surface area contributed by atoms with Gasteiger partial charge in [-0.05, 0) is 30.5 Å². The van der Waals surface area contributed by atoms with Gasteiger partial charge in [-0.3, -0.25) is 0 Å². The highest BCUT2D eigenvalue weighted by Crippen LogP contribution is 2.39. The summed E-state index contributed by atoms with van der Waals surface area (Å²) in [5.74, 6) is 0.317. The lowest BCUT2D eigenvalue weighted by Crippen LogP contribution is -2.57. The molecule has 1 aliphatic rings. The molecule has 5 nitrogen and oxygen atoms in total. The molecule has 0 aromatic carbocycles. The van der Waals surface area contributed by atoms with Crippen LogP contribution in [0.15, 0.2) is 0 Å². The first-order chi connectivity index (χ1) is 9.53. The van der Waals surface area contributed by atoms with E-state index in [-0.39, 0.29) is 29.9 Å². The third kappa shape index (κ3) is 4.20. The summed E-state index contributed by atoms with van der Waals surface area (Å²) in [7, 11) is -0.509. The molecule has 0 unspecified atom stereocenters. The molecule has 1 fully saturated rings. The number of carbonyl (C=O) groups excluding carboxylic acids is 1. The van der Waals surface area contributed by atoms with Crippen molar-refractivity contribution in [3.8, 4) is 0 Å². The molecule has 1 rings (SSSR count). The lowest BCUT2D eigenvalue weighted by molar-refractivity contribution is -0.00951. The van der Waals surface area contributed by atoms with Crippen molar-refractivity contribution in [3.05, 3.63) is 0 Å². The Balaban J connectivity index is 2.86. The van der Waals surface area contributed by atoms with E-state index in [1.54, 1.807) is 4.90 Å². The van der Waals surface area contributed by atoms with Crippen LogP contribution in [0.4, 0.5) is 4.79 Å². The maximum Gasteiger partial charge on any atom is 0.409 e. The summed E-state index contributed by atoms with van der Waals surface area (Å²) < 4.78 is 11.3. The molecule has 1 aliphatic heterocycles. The van der Waals surface area contributed by atoms with E-state index in [4.69, 9.17) is 9.16 Å². The van der Waals surface area contributed by atoms with Crippen molar-refractivity contribution < 1.29 is 19.1 Å². The van der Waals surface area contributed by atoms with Crippen LogP contribution in [0.3, 0.4) is 0 Å². The van der Waals surface area contributed by atoms with Crippen LogP contribution in [0, 0.1) is 5.92 Å². The van der Waals surface area contributed by atoms with Gasteiger partial charge in [0, 0.05) is 6.54 Å². The molecule has 1 amide bonds. The van der Waals surface area contributed by atoms with Gasteiger partial charge in [0.2, 0.25) is 0 Å². The summed E-state index contributed by atoms with van der Waals surface area (Å²) in [6, 6.07) is -0.174. The Hall–Kier alpha value is -0.593. The maximum atomic E-state index is 11.9. The van der Waals surface area contributed by atoms with Crippen LogP contribution >= 0.6 is 0 Å². The standard InChI is InChI=1S/C15H31NO4Si/c1-11-8-12(10-17)16(14(18)19-5)9-13(11)20-21(6,7)15(2,3)4/h11-13,17H,8-10H2,1-7H3/t11-,12-,13+/m0/s1. The fourth-order valence-electron chi connectivity index (χ4n) is 2.45. The lowest BCUT2D eigenvalue weighted by Gasteiger charge is -2.46. The van der Waals surface area contributed by atoms with Gasteiger partial charge in [0.05, 0.1) is 25.9 Å². The molecule has 21 heavy (non-hydrogen) atoms. The fraction of sp³-hybridized carbons (Fsp3) is 0.933. The molecule has 124 valence electrons. The molecule has 1 saturated heterocycles. The van der Waals surface area contributed by atoms with Crippen molar-refractivity contribution in [2.75, 3.05) is 20.3 Å². The summed E-state index contributed by atoms with van der Waals surface area (Å²) in [6.07, 6.45) is 0.364. The molecular weight excluding hydrogens is 286 g/mol. The number of aliphatic hydroxyl groups excluding tert-OH is 1. The van der Waals surface area contributed by atoms with Gasteiger partial charge in [-0.15, -0.1) is 0 Å². The Kier molecular flexibility index (Phi) is 5.86. The number of likely N-dealkylation sites (tertiary alicyclic amines) is 1. The van der Waals surface area contributed by atoms with E-state index >= 15 is 0 Å². The summed E-state index contributed by atoms with van der Waals surface area (Å²) in [6.45, 7) is 13.7. The second kappa shape index (κ2) is 6.67. The van der Waals surface area contributed by atoms with Gasteiger partial charge in [0.1, 0.15) is 0 Å². The number of carbonyl (C=O) groups is 1. The van der Waals surface area contributed by atoms with Crippen LogP contribution in [0.5, 0.6) is 0 Å². The monoisotopic (exact) mass is 317 g/mol. The van der Waals surface area contributed by atoms with E-state index in [0.29, 0.717) is 12.5 Å². The average Bonchev–Trinajstić information content (AvgIpc) is 2.38. The highest BCUT2D eigenvalue weighted by molar-refractivity contribution is 6.74. The molecule has 6 heteroatoms. The third-order valence-corrected chi connectivity index (χ3v) is 9.47. The SMILES string of the molecule is COC(=O)N1C[C@@H](O[Si](C)(C)C(C)(C)C)[C@@H](C)C[C@H]1CO. The van der Waals surface area contributed by atoms with Crippen molar-refractivity contribution >= 4 is 14.4 Å². The zero-order valence-corrected chi connectivity index (χ0v) is 15.5. The molecule has 0 saturated carbocycles. The van der Waals surface area contributed by atoms with Crippen molar-refractivity contribution in [3.63, 3.8) is 0 Å². The highest BCUT2D eigenvalue weighted by Gasteiger charge is 2.43. The Morgan fingerprint density at radius 3 is 2.38 bits per heavy atom. The first-order valence-corrected chi connectivity index (χ1v) is 10.6. The zero-order chi connectivity index (χ0) is 16.4. The van der Waals surface area contributed by atoms with Crippen molar-refractivity contribution in [1.29, 1.82) is 0 Å². The summed E-state index contributed by atoms with van der Waals surface area (Å²) >= 11 is 0. The molecular formula is C15H31NO4Si. The third-order valence-electron chi connectivity index (χ3n) is 4.97. The minimum absolute atomic E-state index is 0.00721. The summed E-state index contributed by atoms with van der Waals surface area (Å²) in [5, 5.41) is 9.63. The van der Waals surface area contributed by atoms with E-state index in [2.05, 4.69) is 40.8 Å². The normalized spacial score (nSPS) is 27.6. The second-order valence-corrected chi connectivity index (χ2v) is 12.3. The van der Waals surface area contributed by atoms with Crippen molar-refractivity contribution in [1.82, 2.24) is 4.90 Å². The largest absolute Gasteiger partial charge is 0.453 e. The number of hydrogen-bond donors (Lipinski definition) is 1. The van der Waals surface area contributed by atoms with Gasteiger partial charge in [-0.2, -0.15) is 0 Å². The van der Waals surface area contributed by atoms with Gasteiger partial charge in [0.25, 0.3) is 0 Å². The molecule has 1 N–H and O–H groups in total. The van der Waals surface area contributed by atoms with Crippen molar-refractivity contribution in [2.24, 2.45) is 5.92 Å². The molecule has 0 aromatic rings. The second-order valence-electron chi connectivity index (χ2n) is 7.59. The number of piperidine rings is 1. The fourth-order valence-corrected chi connectivity index (χ4v) is 3.87. The van der Waals surface area contributed by atoms with E-state index in [9.17, 15) is 9.90 Å². The Bertz CT molecular complexity index is 367. The van der Waals surface area contributed by atoms with Gasteiger partial charge in [-0.25, -0.2) is 4.79 Å². The predicted molar refractivity (Wildman–Crippen MR) is 85.8 cm³/mol. The molecule has 0 aromatic heterocycles. The quantitative estimate of drug-likeness (QED) is 0.813. The van der Waals surface area contributed by atoms with Gasteiger partial charge < -0.3 is 19.2 Å². The Labute approximate surface area is 129 Å². The van der Waals surface area contributed by atoms with Crippen LogP contribution < -0.4 is 0 Å². The van der Waals surface area contributed by atoms with Gasteiger partial charge in [0.15, 0.2) is 8.32 Å². The number of aliphatic hydroxyl groups is 1. The van der Waals surface area contributed by atoms with Gasteiger partial charge in [-0.1, -0.05) is 27.7 Å². The van der Waals surface area contributed by atoms with E-state index in [1.807, 2.05) is 0 Å². The van der Waals surface area contributed by atoms with Crippen LogP contribution in [-0.4, -0.2) is 56.8 Å². The number of amides is 1. The molecule has 0 aliphatic carbocycles. The topological polar surface area (TPSA) is 59.0 Å². The van der Waals surface area contributed by atoms with Crippen LogP contribution in [-0.2, 0) is 9.16 Å². The number of hydrogen-bond acceptors (Lipinski definition) is 4. The molecule has 3 atom stereocenters. The van der Waals surface area contributed by atoms with Crippen LogP contribution in [0.1, 0.15) is 34.1 Å². The summed E-state index contributed by atoms with van der Waals surface area (Å²) in [5.41, 5.74) is 0. The van der Waals surface area contributed by atoms with Gasteiger partial charge >= 0.3 is 6.09 Å². The van der Waals surface area contributed by atoms with Crippen molar-refractivity contribution in [2.45, 2.75) is 64.4 Å². The maximum absolute atomic E-state index is 11.9. The number of rotatable bonds is 3. The minimum atomic E-state index is -1.88. The Morgan fingerprint density at radius 1 is 1.38 bits per heavy atom. The number of methoxy groups -OCH3 is 1. The van der Waals surface area contributed by atoms with E-state index in [0.717, 1.165) is 6.42 Å².